The molecule has 0 fully saturated rings. The predicted octanol–water partition coefficient (Wildman–Crippen LogP) is 2.45. The highest BCUT2D eigenvalue weighted by atomic mass is 16.5. The van der Waals surface area contributed by atoms with Crippen LogP contribution in [0.1, 0.15) is 12.5 Å². The molecule has 0 amide bonds. The van der Waals surface area contributed by atoms with Gasteiger partial charge >= 0.3 is 0 Å². The molecule has 2 rings (SSSR count). The number of aliphatic hydroxyl groups is 1. The van der Waals surface area contributed by atoms with Crippen molar-refractivity contribution < 1.29 is 9.84 Å². The fraction of sp³-hybridized carbons (Fsp3) is 0.267. The minimum absolute atomic E-state index is 0.263. The fourth-order valence-electron chi connectivity index (χ4n) is 1.75. The van der Waals surface area contributed by atoms with Crippen LogP contribution in [0, 0.1) is 0 Å². The van der Waals surface area contributed by atoms with Gasteiger partial charge in [-0.05, 0) is 36.8 Å². The molecule has 18 heavy (non-hydrogen) atoms. The Hall–Kier alpha value is -1.87. The summed E-state index contributed by atoms with van der Waals surface area (Å²) in [6.07, 6.45) is 4.00. The summed E-state index contributed by atoms with van der Waals surface area (Å²) in [6.45, 7) is 2.04. The quantitative estimate of drug-likeness (QED) is 0.877. The Morgan fingerprint density at radius 2 is 1.78 bits per heavy atom. The molecule has 1 aromatic carbocycles. The standard InChI is InChI=1S/C15H17NO2/c1-15(17,11-13-7-9-16-10-8-13)12-18-14-5-3-2-4-6-14/h2-10,17H,11-12H2,1H3. The molecule has 1 atom stereocenters. The van der Waals surface area contributed by atoms with E-state index in [2.05, 4.69) is 4.98 Å². The maximum Gasteiger partial charge on any atom is 0.119 e. The van der Waals surface area contributed by atoms with Crippen LogP contribution >= 0.6 is 0 Å². The van der Waals surface area contributed by atoms with Crippen molar-refractivity contribution in [3.05, 3.63) is 60.4 Å². The topological polar surface area (TPSA) is 42.4 Å². The first-order chi connectivity index (χ1) is 8.66. The van der Waals surface area contributed by atoms with Crippen molar-refractivity contribution in [2.75, 3.05) is 6.61 Å². The number of para-hydroxylation sites is 1. The summed E-state index contributed by atoms with van der Waals surface area (Å²) in [7, 11) is 0. The van der Waals surface area contributed by atoms with E-state index in [9.17, 15) is 5.11 Å². The van der Waals surface area contributed by atoms with Crippen molar-refractivity contribution in [2.24, 2.45) is 0 Å². The Labute approximate surface area is 107 Å². The first-order valence-corrected chi connectivity index (χ1v) is 5.95. The molecular weight excluding hydrogens is 226 g/mol. The van der Waals surface area contributed by atoms with Crippen LogP contribution in [-0.4, -0.2) is 22.3 Å². The summed E-state index contributed by atoms with van der Waals surface area (Å²) in [5, 5.41) is 10.3. The van der Waals surface area contributed by atoms with Gasteiger partial charge in [0.1, 0.15) is 12.4 Å². The van der Waals surface area contributed by atoms with Crippen LogP contribution in [0.2, 0.25) is 0 Å². The van der Waals surface area contributed by atoms with Crippen LogP contribution < -0.4 is 4.74 Å². The largest absolute Gasteiger partial charge is 0.491 e. The van der Waals surface area contributed by atoms with Crippen molar-refractivity contribution in [1.29, 1.82) is 0 Å². The molecule has 0 saturated carbocycles. The highest BCUT2D eigenvalue weighted by Crippen LogP contribution is 2.16. The van der Waals surface area contributed by atoms with Gasteiger partial charge in [0.15, 0.2) is 0 Å². The summed E-state index contributed by atoms with van der Waals surface area (Å²) in [6, 6.07) is 13.3. The molecular formula is C15H17NO2. The second kappa shape index (κ2) is 5.65. The molecule has 0 bridgehead atoms. The van der Waals surface area contributed by atoms with E-state index in [4.69, 9.17) is 4.74 Å². The average molecular weight is 243 g/mol. The Morgan fingerprint density at radius 1 is 1.11 bits per heavy atom. The fourth-order valence-corrected chi connectivity index (χ4v) is 1.75. The van der Waals surface area contributed by atoms with Crippen LogP contribution in [0.3, 0.4) is 0 Å². The number of hydrogen-bond acceptors (Lipinski definition) is 3. The van der Waals surface area contributed by atoms with Crippen LogP contribution in [0.15, 0.2) is 54.9 Å². The van der Waals surface area contributed by atoms with Gasteiger partial charge in [-0.25, -0.2) is 0 Å². The van der Waals surface area contributed by atoms with Crippen LogP contribution in [0.4, 0.5) is 0 Å². The molecule has 1 unspecified atom stereocenters. The number of hydrogen-bond donors (Lipinski definition) is 1. The second-order valence-corrected chi connectivity index (χ2v) is 4.63. The molecule has 0 aliphatic carbocycles. The Balaban J connectivity index is 1.91. The van der Waals surface area contributed by atoms with E-state index in [1.54, 1.807) is 19.3 Å². The third kappa shape index (κ3) is 3.86. The van der Waals surface area contributed by atoms with Crippen LogP contribution in [-0.2, 0) is 6.42 Å². The highest BCUT2D eigenvalue weighted by Gasteiger charge is 2.22. The number of nitrogens with zero attached hydrogens (tertiary/aromatic N) is 1. The molecule has 1 aromatic heterocycles. The highest BCUT2D eigenvalue weighted by molar-refractivity contribution is 5.21. The number of ether oxygens (including phenoxy) is 1. The van der Waals surface area contributed by atoms with Crippen molar-refractivity contribution in [2.45, 2.75) is 18.9 Å². The first kappa shape index (κ1) is 12.6. The first-order valence-electron chi connectivity index (χ1n) is 5.95. The van der Waals surface area contributed by atoms with Crippen molar-refractivity contribution >= 4 is 0 Å². The van der Waals surface area contributed by atoms with Crippen molar-refractivity contribution in [3.63, 3.8) is 0 Å². The van der Waals surface area contributed by atoms with E-state index in [-0.39, 0.29) is 6.61 Å². The van der Waals surface area contributed by atoms with Gasteiger partial charge in [0.05, 0.1) is 5.60 Å². The third-order valence-corrected chi connectivity index (χ3v) is 2.63. The summed E-state index contributed by atoms with van der Waals surface area (Å²) in [4.78, 5) is 3.96. The van der Waals surface area contributed by atoms with E-state index in [1.807, 2.05) is 42.5 Å². The van der Waals surface area contributed by atoms with E-state index in [1.165, 1.54) is 0 Å². The lowest BCUT2D eigenvalue weighted by atomic mass is 9.98. The van der Waals surface area contributed by atoms with Crippen LogP contribution in [0.5, 0.6) is 5.75 Å². The Kier molecular flexibility index (Phi) is 3.95. The monoisotopic (exact) mass is 243 g/mol. The lowest BCUT2D eigenvalue weighted by Gasteiger charge is -2.23. The molecule has 1 heterocycles. The zero-order valence-electron chi connectivity index (χ0n) is 10.4. The second-order valence-electron chi connectivity index (χ2n) is 4.63. The van der Waals surface area contributed by atoms with E-state index in [0.29, 0.717) is 6.42 Å². The van der Waals surface area contributed by atoms with Crippen molar-refractivity contribution in [3.8, 4) is 5.75 Å². The van der Waals surface area contributed by atoms with Gasteiger partial charge < -0.3 is 9.84 Å². The number of aromatic nitrogens is 1. The van der Waals surface area contributed by atoms with Gasteiger partial charge in [0, 0.05) is 18.8 Å². The molecule has 0 radical (unpaired) electrons. The van der Waals surface area contributed by atoms with E-state index >= 15 is 0 Å². The molecule has 0 spiro atoms. The zero-order valence-corrected chi connectivity index (χ0v) is 10.4. The molecule has 0 saturated heterocycles. The number of pyridine rings is 1. The van der Waals surface area contributed by atoms with Gasteiger partial charge in [0.2, 0.25) is 0 Å². The number of benzene rings is 1. The Morgan fingerprint density at radius 3 is 2.44 bits per heavy atom. The maximum absolute atomic E-state index is 10.3. The molecule has 3 nitrogen and oxygen atoms in total. The predicted molar refractivity (Wildman–Crippen MR) is 70.5 cm³/mol. The van der Waals surface area contributed by atoms with Gasteiger partial charge in [-0.15, -0.1) is 0 Å². The summed E-state index contributed by atoms with van der Waals surface area (Å²) >= 11 is 0. The third-order valence-electron chi connectivity index (χ3n) is 2.63. The summed E-state index contributed by atoms with van der Waals surface area (Å²) in [5.74, 6) is 0.771. The van der Waals surface area contributed by atoms with Crippen LogP contribution in [0.25, 0.3) is 0 Å². The molecule has 1 N–H and O–H groups in total. The van der Waals surface area contributed by atoms with Gasteiger partial charge in [-0.2, -0.15) is 0 Å². The smallest absolute Gasteiger partial charge is 0.119 e. The summed E-state index contributed by atoms with van der Waals surface area (Å²) < 4.78 is 5.58. The number of rotatable bonds is 5. The average Bonchev–Trinajstić information content (AvgIpc) is 2.38. The minimum Gasteiger partial charge on any atom is -0.491 e. The van der Waals surface area contributed by atoms with Gasteiger partial charge in [0.25, 0.3) is 0 Å². The molecule has 94 valence electrons. The van der Waals surface area contributed by atoms with Gasteiger partial charge in [-0.1, -0.05) is 18.2 Å². The maximum atomic E-state index is 10.3. The normalized spacial score (nSPS) is 13.9. The minimum atomic E-state index is -0.892. The lowest BCUT2D eigenvalue weighted by Crippen LogP contribution is -2.34. The summed E-state index contributed by atoms with van der Waals surface area (Å²) in [5.41, 5.74) is 0.156. The molecule has 3 heteroatoms. The Bertz CT molecular complexity index is 468. The SMILES string of the molecule is CC(O)(COc1ccccc1)Cc1ccncc1. The molecule has 0 aliphatic heterocycles. The molecule has 2 aromatic rings. The van der Waals surface area contributed by atoms with E-state index < -0.39 is 5.60 Å². The zero-order chi connectivity index (χ0) is 12.8. The molecule has 0 aliphatic rings. The lowest BCUT2D eigenvalue weighted by molar-refractivity contribution is 0.0120. The van der Waals surface area contributed by atoms with Crippen molar-refractivity contribution in [1.82, 2.24) is 4.98 Å². The van der Waals surface area contributed by atoms with Gasteiger partial charge in [-0.3, -0.25) is 4.98 Å². The van der Waals surface area contributed by atoms with E-state index in [0.717, 1.165) is 11.3 Å².